The number of amides is 1. The number of nitrogens with zero attached hydrogens (tertiary/aromatic N) is 2. The van der Waals surface area contributed by atoms with Gasteiger partial charge in [-0.05, 0) is 12.1 Å². The minimum absolute atomic E-state index is 0.214. The lowest BCUT2D eigenvalue weighted by atomic mass is 10.2. The number of benzene rings is 1. The number of anilines is 1. The molecule has 0 saturated heterocycles. The molecule has 0 atom stereocenters. The van der Waals surface area contributed by atoms with Crippen LogP contribution in [0.1, 0.15) is 5.56 Å². The second-order valence-electron chi connectivity index (χ2n) is 5.57. The zero-order valence-corrected chi connectivity index (χ0v) is 16.1. The van der Waals surface area contributed by atoms with E-state index in [0.717, 1.165) is 11.3 Å². The van der Waals surface area contributed by atoms with Crippen LogP contribution < -0.4 is 10.9 Å². The number of alkyl halides is 3. The lowest BCUT2D eigenvalue weighted by molar-refractivity contribution is -0.138. The van der Waals surface area contributed by atoms with E-state index in [-0.39, 0.29) is 5.13 Å². The van der Waals surface area contributed by atoms with Crippen molar-refractivity contribution >= 4 is 45.6 Å². The highest BCUT2D eigenvalue weighted by molar-refractivity contribution is 7.14. The molecular formula is C17H10Cl2F3N3O2S. The molecule has 3 aromatic rings. The largest absolute Gasteiger partial charge is 0.417 e. The van der Waals surface area contributed by atoms with E-state index in [1.807, 2.05) is 0 Å². The van der Waals surface area contributed by atoms with Crippen LogP contribution in [0.4, 0.5) is 18.3 Å². The summed E-state index contributed by atoms with van der Waals surface area (Å²) in [5.74, 6) is -0.724. The van der Waals surface area contributed by atoms with Gasteiger partial charge < -0.3 is 9.88 Å². The average Bonchev–Trinajstić information content (AvgIpc) is 3.06. The first-order valence-corrected chi connectivity index (χ1v) is 9.26. The summed E-state index contributed by atoms with van der Waals surface area (Å²) in [6.45, 7) is -0.649. The highest BCUT2D eigenvalue weighted by atomic mass is 35.5. The predicted molar refractivity (Wildman–Crippen MR) is 102 cm³/mol. The Morgan fingerprint density at radius 3 is 2.61 bits per heavy atom. The van der Waals surface area contributed by atoms with E-state index >= 15 is 0 Å². The topological polar surface area (TPSA) is 64.0 Å². The predicted octanol–water partition coefficient (Wildman–Crippen LogP) is 4.94. The van der Waals surface area contributed by atoms with E-state index in [4.69, 9.17) is 23.2 Å². The molecule has 1 aromatic carbocycles. The number of thiazole rings is 1. The zero-order valence-electron chi connectivity index (χ0n) is 13.8. The van der Waals surface area contributed by atoms with Crippen molar-refractivity contribution in [2.75, 3.05) is 5.32 Å². The molecule has 0 unspecified atom stereocenters. The first kappa shape index (κ1) is 20.4. The fourth-order valence-corrected chi connectivity index (χ4v) is 3.49. The summed E-state index contributed by atoms with van der Waals surface area (Å²) < 4.78 is 39.2. The molecule has 2 heterocycles. The number of carbonyl (C=O) groups excluding carboxylic acids is 1. The smallest absolute Gasteiger partial charge is 0.304 e. The SMILES string of the molecule is O=C(Cn1cc(C(F)(F)F)cc(Cl)c1=O)Nc1nc(-c2ccccc2Cl)cs1. The molecule has 0 spiro atoms. The van der Waals surface area contributed by atoms with E-state index in [0.29, 0.717) is 33.1 Å². The molecule has 0 bridgehead atoms. The van der Waals surface area contributed by atoms with Crippen molar-refractivity contribution in [2.24, 2.45) is 0 Å². The van der Waals surface area contributed by atoms with Gasteiger partial charge in [-0.3, -0.25) is 9.59 Å². The fourth-order valence-electron chi connectivity index (χ4n) is 2.31. The van der Waals surface area contributed by atoms with E-state index in [1.54, 1.807) is 29.6 Å². The second kappa shape index (κ2) is 7.94. The third kappa shape index (κ3) is 4.54. The summed E-state index contributed by atoms with van der Waals surface area (Å²) in [7, 11) is 0. The molecule has 0 aliphatic heterocycles. The maximum atomic E-state index is 12.9. The molecule has 0 radical (unpaired) electrons. The van der Waals surface area contributed by atoms with Crippen molar-refractivity contribution in [1.29, 1.82) is 0 Å². The van der Waals surface area contributed by atoms with Gasteiger partial charge in [0.25, 0.3) is 5.56 Å². The molecule has 0 fully saturated rings. The van der Waals surface area contributed by atoms with Gasteiger partial charge in [0.1, 0.15) is 11.6 Å². The second-order valence-corrected chi connectivity index (χ2v) is 7.25. The maximum absolute atomic E-state index is 12.9. The van der Waals surface area contributed by atoms with Gasteiger partial charge in [-0.1, -0.05) is 41.4 Å². The lowest BCUT2D eigenvalue weighted by Crippen LogP contribution is -2.29. The Bertz CT molecular complexity index is 1100. The normalized spacial score (nSPS) is 11.5. The van der Waals surface area contributed by atoms with Crippen LogP contribution in [-0.4, -0.2) is 15.5 Å². The highest BCUT2D eigenvalue weighted by Gasteiger charge is 2.32. The van der Waals surface area contributed by atoms with Crippen molar-refractivity contribution in [3.63, 3.8) is 0 Å². The molecule has 11 heteroatoms. The molecule has 0 saturated carbocycles. The number of carbonyl (C=O) groups is 1. The molecule has 0 aliphatic rings. The van der Waals surface area contributed by atoms with Crippen molar-refractivity contribution in [1.82, 2.24) is 9.55 Å². The number of hydrogen-bond acceptors (Lipinski definition) is 4. The standard InChI is InChI=1S/C17H10Cl2F3N3O2S/c18-11-4-2-1-3-10(11)13-8-28-16(23-13)24-14(26)7-25-6-9(17(20,21)22)5-12(19)15(25)27/h1-6,8H,7H2,(H,23,24,26). The van der Waals surface area contributed by atoms with Crippen LogP contribution in [0, 0.1) is 0 Å². The minimum atomic E-state index is -4.70. The first-order chi connectivity index (χ1) is 13.1. The van der Waals surface area contributed by atoms with Crippen molar-refractivity contribution in [3.05, 3.63) is 67.9 Å². The number of aromatic nitrogens is 2. The van der Waals surface area contributed by atoms with Gasteiger partial charge in [0.15, 0.2) is 5.13 Å². The van der Waals surface area contributed by atoms with Crippen LogP contribution in [-0.2, 0) is 17.5 Å². The van der Waals surface area contributed by atoms with Crippen molar-refractivity contribution in [3.8, 4) is 11.3 Å². The third-order valence-electron chi connectivity index (χ3n) is 3.58. The number of hydrogen-bond donors (Lipinski definition) is 1. The molecule has 146 valence electrons. The monoisotopic (exact) mass is 447 g/mol. The van der Waals surface area contributed by atoms with Crippen LogP contribution >= 0.6 is 34.5 Å². The Kier molecular flexibility index (Phi) is 5.78. The Morgan fingerprint density at radius 2 is 1.93 bits per heavy atom. The van der Waals surface area contributed by atoms with Gasteiger partial charge in [-0.25, -0.2) is 4.98 Å². The summed E-state index contributed by atoms with van der Waals surface area (Å²) in [5.41, 5.74) is -0.826. The molecular weight excluding hydrogens is 438 g/mol. The van der Waals surface area contributed by atoms with Crippen molar-refractivity contribution in [2.45, 2.75) is 12.7 Å². The minimum Gasteiger partial charge on any atom is -0.304 e. The van der Waals surface area contributed by atoms with Crippen LogP contribution in [0.3, 0.4) is 0 Å². The van der Waals surface area contributed by atoms with Crippen LogP contribution in [0.5, 0.6) is 0 Å². The Balaban J connectivity index is 1.78. The summed E-state index contributed by atoms with van der Waals surface area (Å²) >= 11 is 12.8. The summed E-state index contributed by atoms with van der Waals surface area (Å²) in [6.07, 6.45) is -4.15. The first-order valence-electron chi connectivity index (χ1n) is 7.62. The summed E-state index contributed by atoms with van der Waals surface area (Å²) in [6, 6.07) is 7.52. The molecule has 0 aliphatic carbocycles. The fraction of sp³-hybridized carbons (Fsp3) is 0.118. The lowest BCUT2D eigenvalue weighted by Gasteiger charge is -2.11. The Hall–Kier alpha value is -2.36. The molecule has 1 amide bonds. The van der Waals surface area contributed by atoms with E-state index in [9.17, 15) is 22.8 Å². The van der Waals surface area contributed by atoms with Crippen molar-refractivity contribution < 1.29 is 18.0 Å². The number of pyridine rings is 1. The third-order valence-corrected chi connectivity index (χ3v) is 4.94. The van der Waals surface area contributed by atoms with E-state index in [1.165, 1.54) is 0 Å². The Labute approximate surface area is 170 Å². The van der Waals surface area contributed by atoms with Gasteiger partial charge in [0, 0.05) is 22.2 Å². The molecule has 5 nitrogen and oxygen atoms in total. The van der Waals surface area contributed by atoms with Gasteiger partial charge in [0.05, 0.1) is 11.3 Å². The van der Waals surface area contributed by atoms with Crippen LogP contribution in [0.2, 0.25) is 10.0 Å². The summed E-state index contributed by atoms with van der Waals surface area (Å²) in [5, 5.41) is 4.19. The maximum Gasteiger partial charge on any atom is 0.417 e. The average molecular weight is 448 g/mol. The molecule has 3 rings (SSSR count). The highest BCUT2D eigenvalue weighted by Crippen LogP contribution is 2.31. The molecule has 1 N–H and O–H groups in total. The van der Waals surface area contributed by atoms with Gasteiger partial charge >= 0.3 is 6.18 Å². The molecule has 28 heavy (non-hydrogen) atoms. The van der Waals surface area contributed by atoms with E-state index < -0.39 is 34.8 Å². The molecule has 2 aromatic heterocycles. The Morgan fingerprint density at radius 1 is 1.21 bits per heavy atom. The van der Waals surface area contributed by atoms with Gasteiger partial charge in [-0.2, -0.15) is 13.2 Å². The van der Waals surface area contributed by atoms with Crippen LogP contribution in [0.25, 0.3) is 11.3 Å². The van der Waals surface area contributed by atoms with Crippen LogP contribution in [0.15, 0.2) is 46.7 Å². The number of rotatable bonds is 4. The number of nitrogens with one attached hydrogen (secondary N) is 1. The number of halogens is 5. The van der Waals surface area contributed by atoms with Gasteiger partial charge in [-0.15, -0.1) is 11.3 Å². The summed E-state index contributed by atoms with van der Waals surface area (Å²) in [4.78, 5) is 28.3. The quantitative estimate of drug-likeness (QED) is 0.616. The van der Waals surface area contributed by atoms with E-state index in [2.05, 4.69) is 10.3 Å². The van der Waals surface area contributed by atoms with Gasteiger partial charge in [0.2, 0.25) is 5.91 Å². The zero-order chi connectivity index (χ0) is 20.5.